The molecule has 1 aromatic rings. The van der Waals surface area contributed by atoms with Crippen molar-refractivity contribution in [3.63, 3.8) is 0 Å². The number of amidine groups is 1. The predicted octanol–water partition coefficient (Wildman–Crippen LogP) is 1.57. The van der Waals surface area contributed by atoms with E-state index >= 15 is 0 Å². The van der Waals surface area contributed by atoms with Crippen LogP contribution in [0, 0.1) is 12.3 Å². The Morgan fingerprint density at radius 1 is 1.45 bits per heavy atom. The highest BCUT2D eigenvalue weighted by molar-refractivity contribution is 6.07. The summed E-state index contributed by atoms with van der Waals surface area (Å²) < 4.78 is 0. The van der Waals surface area contributed by atoms with Gasteiger partial charge in [-0.15, -0.1) is 0 Å². The van der Waals surface area contributed by atoms with Gasteiger partial charge in [0.1, 0.15) is 5.41 Å². The molecule has 5 heteroatoms. The van der Waals surface area contributed by atoms with Gasteiger partial charge in [-0.3, -0.25) is 4.79 Å². The zero-order chi connectivity index (χ0) is 14.6. The molecule has 5 nitrogen and oxygen atoms in total. The van der Waals surface area contributed by atoms with Crippen LogP contribution in [0.5, 0.6) is 0 Å². The lowest BCUT2D eigenvalue weighted by Gasteiger charge is -2.38. The summed E-state index contributed by atoms with van der Waals surface area (Å²) in [6.07, 6.45) is 3.02. The Morgan fingerprint density at radius 3 is 2.70 bits per heavy atom. The number of aryl methyl sites for hydroxylation is 1. The SMILES string of the molecule is Cc1ccccc1CCNC(=O)C1(/C(N)=N/O)CCC1. The van der Waals surface area contributed by atoms with Gasteiger partial charge in [0, 0.05) is 6.54 Å². The lowest BCUT2D eigenvalue weighted by molar-refractivity contribution is -0.131. The largest absolute Gasteiger partial charge is 0.409 e. The van der Waals surface area contributed by atoms with Crippen molar-refractivity contribution in [2.24, 2.45) is 16.3 Å². The van der Waals surface area contributed by atoms with Gasteiger partial charge in [-0.1, -0.05) is 35.8 Å². The first-order chi connectivity index (χ1) is 9.60. The molecule has 4 N–H and O–H groups in total. The zero-order valence-electron chi connectivity index (χ0n) is 11.7. The number of oxime groups is 1. The third-order valence-corrected chi connectivity index (χ3v) is 4.18. The Balaban J connectivity index is 1.91. The number of nitrogens with one attached hydrogen (secondary N) is 1. The number of hydrogen-bond donors (Lipinski definition) is 3. The molecular formula is C15H21N3O2. The van der Waals surface area contributed by atoms with Crippen molar-refractivity contribution in [1.82, 2.24) is 5.32 Å². The molecule has 0 aromatic heterocycles. The zero-order valence-corrected chi connectivity index (χ0v) is 11.7. The van der Waals surface area contributed by atoms with Crippen molar-refractivity contribution >= 4 is 11.7 Å². The van der Waals surface area contributed by atoms with Crippen LogP contribution in [0.1, 0.15) is 30.4 Å². The first-order valence-electron chi connectivity index (χ1n) is 6.91. The second-order valence-electron chi connectivity index (χ2n) is 5.35. The number of benzene rings is 1. The van der Waals surface area contributed by atoms with E-state index in [9.17, 15) is 4.79 Å². The van der Waals surface area contributed by atoms with Gasteiger partial charge < -0.3 is 16.3 Å². The maximum absolute atomic E-state index is 12.2. The standard InChI is InChI=1S/C15H21N3O2/c1-11-5-2-3-6-12(11)7-10-17-14(19)15(8-4-9-15)13(16)18-20/h2-3,5-6,20H,4,7-10H2,1H3,(H2,16,18)(H,17,19). The quantitative estimate of drug-likeness (QED) is 0.330. The summed E-state index contributed by atoms with van der Waals surface area (Å²) in [5.41, 5.74) is 7.31. The average molecular weight is 275 g/mol. The van der Waals surface area contributed by atoms with Crippen molar-refractivity contribution < 1.29 is 10.0 Å². The molecule has 1 fully saturated rings. The maximum atomic E-state index is 12.2. The summed E-state index contributed by atoms with van der Waals surface area (Å²) in [6.45, 7) is 2.62. The molecule has 2 rings (SSSR count). The Morgan fingerprint density at radius 2 is 2.15 bits per heavy atom. The predicted molar refractivity (Wildman–Crippen MR) is 77.6 cm³/mol. The van der Waals surface area contributed by atoms with Crippen LogP contribution in [0.15, 0.2) is 29.4 Å². The second kappa shape index (κ2) is 5.94. The molecule has 0 unspecified atom stereocenters. The second-order valence-corrected chi connectivity index (χ2v) is 5.35. The minimum Gasteiger partial charge on any atom is -0.409 e. The molecular weight excluding hydrogens is 254 g/mol. The Hall–Kier alpha value is -2.04. The minimum absolute atomic E-state index is 0.0251. The van der Waals surface area contributed by atoms with Crippen molar-refractivity contribution in [3.8, 4) is 0 Å². The fourth-order valence-corrected chi connectivity index (χ4v) is 2.60. The van der Waals surface area contributed by atoms with Crippen LogP contribution < -0.4 is 11.1 Å². The summed E-state index contributed by atoms with van der Waals surface area (Å²) in [5, 5.41) is 14.7. The molecule has 0 saturated heterocycles. The molecule has 0 radical (unpaired) electrons. The summed E-state index contributed by atoms with van der Waals surface area (Å²) in [6, 6.07) is 8.11. The van der Waals surface area contributed by atoms with Crippen LogP contribution >= 0.6 is 0 Å². The fraction of sp³-hybridized carbons (Fsp3) is 0.467. The van der Waals surface area contributed by atoms with Crippen LogP contribution in [-0.4, -0.2) is 23.5 Å². The van der Waals surface area contributed by atoms with E-state index in [4.69, 9.17) is 10.9 Å². The highest BCUT2D eigenvalue weighted by Crippen LogP contribution is 2.41. The van der Waals surface area contributed by atoms with Crippen molar-refractivity contribution in [1.29, 1.82) is 0 Å². The fourth-order valence-electron chi connectivity index (χ4n) is 2.60. The molecule has 0 atom stereocenters. The summed E-state index contributed by atoms with van der Waals surface area (Å²) >= 11 is 0. The Bertz CT molecular complexity index is 522. The molecule has 1 aromatic carbocycles. The molecule has 20 heavy (non-hydrogen) atoms. The average Bonchev–Trinajstić information content (AvgIpc) is 2.39. The highest BCUT2D eigenvalue weighted by Gasteiger charge is 2.48. The van der Waals surface area contributed by atoms with E-state index in [2.05, 4.69) is 29.5 Å². The Kier molecular flexibility index (Phi) is 4.27. The maximum Gasteiger partial charge on any atom is 0.233 e. The van der Waals surface area contributed by atoms with Gasteiger partial charge >= 0.3 is 0 Å². The topological polar surface area (TPSA) is 87.7 Å². The number of hydrogen-bond acceptors (Lipinski definition) is 3. The van der Waals surface area contributed by atoms with E-state index in [0.29, 0.717) is 19.4 Å². The molecule has 0 aliphatic heterocycles. The van der Waals surface area contributed by atoms with Gasteiger partial charge in [-0.05, 0) is 37.3 Å². The molecule has 0 bridgehead atoms. The lowest BCUT2D eigenvalue weighted by atomic mass is 9.67. The van der Waals surface area contributed by atoms with Crippen LogP contribution in [-0.2, 0) is 11.2 Å². The first-order valence-corrected chi connectivity index (χ1v) is 6.91. The van der Waals surface area contributed by atoms with Crippen molar-refractivity contribution in [2.45, 2.75) is 32.6 Å². The summed E-state index contributed by atoms with van der Waals surface area (Å²) in [5.74, 6) is -0.107. The van der Waals surface area contributed by atoms with E-state index in [1.165, 1.54) is 11.1 Å². The third kappa shape index (κ3) is 2.61. The molecule has 1 aliphatic rings. The molecule has 0 spiro atoms. The van der Waals surface area contributed by atoms with Gasteiger partial charge in [0.25, 0.3) is 0 Å². The number of amides is 1. The summed E-state index contributed by atoms with van der Waals surface area (Å²) in [7, 11) is 0. The first kappa shape index (κ1) is 14.4. The van der Waals surface area contributed by atoms with E-state index in [-0.39, 0.29) is 11.7 Å². The number of nitrogens with zero attached hydrogens (tertiary/aromatic N) is 1. The van der Waals surface area contributed by atoms with Gasteiger partial charge in [-0.25, -0.2) is 0 Å². The molecule has 108 valence electrons. The number of nitrogens with two attached hydrogens (primary N) is 1. The van der Waals surface area contributed by atoms with E-state index < -0.39 is 5.41 Å². The third-order valence-electron chi connectivity index (χ3n) is 4.18. The molecule has 1 saturated carbocycles. The van der Waals surface area contributed by atoms with Crippen LogP contribution in [0.4, 0.5) is 0 Å². The normalized spacial score (nSPS) is 17.4. The van der Waals surface area contributed by atoms with Crippen LogP contribution in [0.2, 0.25) is 0 Å². The van der Waals surface area contributed by atoms with Crippen molar-refractivity contribution in [2.75, 3.05) is 6.54 Å². The van der Waals surface area contributed by atoms with Gasteiger partial charge in [0.15, 0.2) is 5.84 Å². The number of carbonyl (C=O) groups excluding carboxylic acids is 1. The van der Waals surface area contributed by atoms with E-state index in [0.717, 1.165) is 12.8 Å². The van der Waals surface area contributed by atoms with Crippen LogP contribution in [0.3, 0.4) is 0 Å². The van der Waals surface area contributed by atoms with Gasteiger partial charge in [0.05, 0.1) is 0 Å². The highest BCUT2D eigenvalue weighted by atomic mass is 16.4. The van der Waals surface area contributed by atoms with E-state index in [1.807, 2.05) is 12.1 Å². The van der Waals surface area contributed by atoms with E-state index in [1.54, 1.807) is 0 Å². The molecule has 1 amide bonds. The molecule has 1 aliphatic carbocycles. The molecule has 0 heterocycles. The lowest BCUT2D eigenvalue weighted by Crippen LogP contribution is -2.54. The monoisotopic (exact) mass is 275 g/mol. The van der Waals surface area contributed by atoms with Gasteiger partial charge in [-0.2, -0.15) is 0 Å². The van der Waals surface area contributed by atoms with Crippen LogP contribution in [0.25, 0.3) is 0 Å². The number of rotatable bonds is 5. The minimum atomic E-state index is -0.791. The van der Waals surface area contributed by atoms with Crippen molar-refractivity contribution in [3.05, 3.63) is 35.4 Å². The smallest absolute Gasteiger partial charge is 0.233 e. The van der Waals surface area contributed by atoms with Gasteiger partial charge in [0.2, 0.25) is 5.91 Å². The summed E-state index contributed by atoms with van der Waals surface area (Å²) in [4.78, 5) is 12.2. The Labute approximate surface area is 118 Å². The number of carbonyl (C=O) groups is 1.